The lowest BCUT2D eigenvalue weighted by Crippen LogP contribution is -2.02. The molecule has 0 N–H and O–H groups in total. The third kappa shape index (κ3) is 3.08. The van der Waals surface area contributed by atoms with E-state index in [4.69, 9.17) is 0 Å². The van der Waals surface area contributed by atoms with E-state index in [1.807, 2.05) is 18.2 Å². The van der Waals surface area contributed by atoms with Gasteiger partial charge in [-0.1, -0.05) is 60.7 Å². The Morgan fingerprint density at radius 1 is 0.760 bits per heavy atom. The Bertz CT molecular complexity index is 998. The number of benzene rings is 3. The summed E-state index contributed by atoms with van der Waals surface area (Å²) in [5.41, 5.74) is 6.29. The molecule has 4 rings (SSSR count). The van der Waals surface area contributed by atoms with Crippen molar-refractivity contribution in [2.24, 2.45) is 0 Å². The second-order valence-electron chi connectivity index (χ2n) is 6.46. The molecule has 0 spiro atoms. The lowest BCUT2D eigenvalue weighted by atomic mass is 10.0. The molecule has 2 heteroatoms. The zero-order chi connectivity index (χ0) is 17.2. The standard InChI is InChI=1S/C23H20FN/c1-17-22(15-18-7-3-2-4-8-18)21-9-5-6-10-23(21)25(17)16-19-11-13-20(24)14-12-19/h2-14H,15-16H2,1H3. The maximum Gasteiger partial charge on any atom is 0.123 e. The lowest BCUT2D eigenvalue weighted by Gasteiger charge is -2.09. The predicted molar refractivity (Wildman–Crippen MR) is 101 cm³/mol. The molecule has 0 atom stereocenters. The molecule has 3 aromatic carbocycles. The summed E-state index contributed by atoms with van der Waals surface area (Å²) in [4.78, 5) is 0. The number of para-hydroxylation sites is 1. The highest BCUT2D eigenvalue weighted by atomic mass is 19.1. The smallest absolute Gasteiger partial charge is 0.123 e. The maximum atomic E-state index is 13.2. The van der Waals surface area contributed by atoms with Crippen LogP contribution in [0.2, 0.25) is 0 Å². The number of nitrogens with zero attached hydrogens (tertiary/aromatic N) is 1. The fraction of sp³-hybridized carbons (Fsp3) is 0.130. The molecule has 0 radical (unpaired) electrons. The van der Waals surface area contributed by atoms with Crippen LogP contribution in [0.15, 0.2) is 78.9 Å². The minimum absolute atomic E-state index is 0.192. The average molecular weight is 329 g/mol. The van der Waals surface area contributed by atoms with Crippen LogP contribution in [0.25, 0.3) is 10.9 Å². The molecule has 0 aliphatic carbocycles. The molecule has 1 nitrogen and oxygen atoms in total. The molecule has 0 unspecified atom stereocenters. The van der Waals surface area contributed by atoms with Crippen molar-refractivity contribution in [1.29, 1.82) is 0 Å². The van der Waals surface area contributed by atoms with E-state index < -0.39 is 0 Å². The second-order valence-corrected chi connectivity index (χ2v) is 6.46. The summed E-state index contributed by atoms with van der Waals surface area (Å²) >= 11 is 0. The van der Waals surface area contributed by atoms with Gasteiger partial charge in [0.15, 0.2) is 0 Å². The van der Waals surface area contributed by atoms with E-state index in [1.54, 1.807) is 0 Å². The summed E-state index contributed by atoms with van der Waals surface area (Å²) < 4.78 is 15.5. The number of fused-ring (bicyclic) bond motifs is 1. The van der Waals surface area contributed by atoms with Crippen LogP contribution in [-0.2, 0) is 13.0 Å². The first-order valence-electron chi connectivity index (χ1n) is 8.57. The summed E-state index contributed by atoms with van der Waals surface area (Å²) in [5.74, 6) is -0.192. The fourth-order valence-electron chi connectivity index (χ4n) is 3.50. The van der Waals surface area contributed by atoms with Crippen molar-refractivity contribution in [2.75, 3.05) is 0 Å². The molecular formula is C23H20FN. The van der Waals surface area contributed by atoms with Gasteiger partial charge in [0.1, 0.15) is 5.82 Å². The molecule has 0 aliphatic heterocycles. The van der Waals surface area contributed by atoms with E-state index in [1.165, 1.54) is 39.9 Å². The van der Waals surface area contributed by atoms with Crippen molar-refractivity contribution in [1.82, 2.24) is 4.57 Å². The number of hydrogen-bond donors (Lipinski definition) is 0. The van der Waals surface area contributed by atoms with Crippen molar-refractivity contribution in [3.63, 3.8) is 0 Å². The van der Waals surface area contributed by atoms with Crippen LogP contribution in [0, 0.1) is 12.7 Å². The third-order valence-electron chi connectivity index (χ3n) is 4.84. The zero-order valence-corrected chi connectivity index (χ0v) is 14.2. The van der Waals surface area contributed by atoms with Gasteiger partial charge in [-0.25, -0.2) is 4.39 Å². The Balaban J connectivity index is 1.79. The van der Waals surface area contributed by atoms with Gasteiger partial charge < -0.3 is 4.57 Å². The monoisotopic (exact) mass is 329 g/mol. The summed E-state index contributed by atoms with van der Waals surface area (Å²) in [7, 11) is 0. The molecule has 0 amide bonds. The summed E-state index contributed by atoms with van der Waals surface area (Å²) in [5, 5.41) is 1.30. The molecule has 25 heavy (non-hydrogen) atoms. The predicted octanol–water partition coefficient (Wildman–Crippen LogP) is 5.73. The molecule has 0 bridgehead atoms. The highest BCUT2D eigenvalue weighted by molar-refractivity contribution is 5.86. The minimum atomic E-state index is -0.192. The van der Waals surface area contributed by atoms with Crippen molar-refractivity contribution < 1.29 is 4.39 Å². The number of hydrogen-bond acceptors (Lipinski definition) is 0. The van der Waals surface area contributed by atoms with Crippen molar-refractivity contribution in [3.8, 4) is 0 Å². The van der Waals surface area contributed by atoms with E-state index in [-0.39, 0.29) is 5.82 Å². The highest BCUT2D eigenvalue weighted by Crippen LogP contribution is 2.28. The number of aromatic nitrogens is 1. The molecular weight excluding hydrogens is 309 g/mol. The van der Waals surface area contributed by atoms with Crippen LogP contribution in [0.3, 0.4) is 0 Å². The van der Waals surface area contributed by atoms with Gasteiger partial charge >= 0.3 is 0 Å². The average Bonchev–Trinajstić information content (AvgIpc) is 2.90. The minimum Gasteiger partial charge on any atom is -0.340 e. The lowest BCUT2D eigenvalue weighted by molar-refractivity contribution is 0.626. The first-order chi connectivity index (χ1) is 12.2. The first-order valence-corrected chi connectivity index (χ1v) is 8.57. The summed E-state index contributed by atoms with van der Waals surface area (Å²) in [6, 6.07) is 25.9. The van der Waals surface area contributed by atoms with Gasteiger partial charge in [-0.05, 0) is 48.2 Å². The van der Waals surface area contributed by atoms with Gasteiger partial charge in [-0.15, -0.1) is 0 Å². The van der Waals surface area contributed by atoms with Crippen molar-refractivity contribution in [3.05, 3.63) is 107 Å². The van der Waals surface area contributed by atoms with Crippen molar-refractivity contribution >= 4 is 10.9 Å². The van der Waals surface area contributed by atoms with E-state index in [0.717, 1.165) is 18.5 Å². The van der Waals surface area contributed by atoms with Gasteiger partial charge in [0, 0.05) is 23.1 Å². The Hall–Kier alpha value is -2.87. The summed E-state index contributed by atoms with van der Waals surface area (Å²) in [6.07, 6.45) is 0.920. The highest BCUT2D eigenvalue weighted by Gasteiger charge is 2.14. The van der Waals surface area contributed by atoms with Crippen molar-refractivity contribution in [2.45, 2.75) is 19.9 Å². The Labute approximate surface area is 147 Å². The fourth-order valence-corrected chi connectivity index (χ4v) is 3.50. The second kappa shape index (κ2) is 6.56. The van der Waals surface area contributed by atoms with E-state index in [9.17, 15) is 4.39 Å². The SMILES string of the molecule is Cc1c(Cc2ccccc2)c2ccccc2n1Cc1ccc(F)cc1. The maximum absolute atomic E-state index is 13.2. The van der Waals surface area contributed by atoms with Gasteiger partial charge in [0.05, 0.1) is 0 Å². The first kappa shape index (κ1) is 15.6. The largest absolute Gasteiger partial charge is 0.340 e. The molecule has 0 saturated heterocycles. The van der Waals surface area contributed by atoms with Gasteiger partial charge in [-0.3, -0.25) is 0 Å². The van der Waals surface area contributed by atoms with Crippen LogP contribution in [-0.4, -0.2) is 4.57 Å². The Morgan fingerprint density at radius 3 is 2.20 bits per heavy atom. The van der Waals surface area contributed by atoms with E-state index in [0.29, 0.717) is 0 Å². The zero-order valence-electron chi connectivity index (χ0n) is 14.2. The topological polar surface area (TPSA) is 4.93 Å². The Morgan fingerprint density at radius 2 is 1.44 bits per heavy atom. The Kier molecular flexibility index (Phi) is 4.10. The van der Waals surface area contributed by atoms with Gasteiger partial charge in [0.2, 0.25) is 0 Å². The third-order valence-corrected chi connectivity index (χ3v) is 4.84. The summed E-state index contributed by atoms with van der Waals surface area (Å²) in [6.45, 7) is 2.93. The van der Waals surface area contributed by atoms with Gasteiger partial charge in [-0.2, -0.15) is 0 Å². The molecule has 124 valence electrons. The van der Waals surface area contributed by atoms with E-state index >= 15 is 0 Å². The van der Waals surface area contributed by atoms with Crippen LogP contribution < -0.4 is 0 Å². The molecule has 1 heterocycles. The van der Waals surface area contributed by atoms with Crippen LogP contribution >= 0.6 is 0 Å². The number of rotatable bonds is 4. The molecule has 0 aliphatic rings. The van der Waals surface area contributed by atoms with E-state index in [2.05, 4.69) is 60.0 Å². The van der Waals surface area contributed by atoms with Crippen LogP contribution in [0.4, 0.5) is 4.39 Å². The van der Waals surface area contributed by atoms with Gasteiger partial charge in [0.25, 0.3) is 0 Å². The molecule has 0 saturated carbocycles. The van der Waals surface area contributed by atoms with Crippen LogP contribution in [0.1, 0.15) is 22.4 Å². The molecule has 4 aromatic rings. The molecule has 0 fully saturated rings. The normalized spacial score (nSPS) is 11.1. The van der Waals surface area contributed by atoms with Crippen LogP contribution in [0.5, 0.6) is 0 Å². The number of halogens is 1. The molecule has 1 aromatic heterocycles. The quantitative estimate of drug-likeness (QED) is 0.451.